The van der Waals surface area contributed by atoms with Gasteiger partial charge in [0.15, 0.2) is 0 Å². The maximum atomic E-state index is 11.8. The highest BCUT2D eigenvalue weighted by Crippen LogP contribution is 2.11. The van der Waals surface area contributed by atoms with Gasteiger partial charge in [-0.15, -0.1) is 0 Å². The highest BCUT2D eigenvalue weighted by molar-refractivity contribution is 5.80. The summed E-state index contributed by atoms with van der Waals surface area (Å²) in [6.07, 6.45) is 3.38. The van der Waals surface area contributed by atoms with Crippen LogP contribution in [0.5, 0.6) is 0 Å². The third-order valence-electron chi connectivity index (χ3n) is 2.76. The predicted octanol–water partition coefficient (Wildman–Crippen LogP) is -0.377. The van der Waals surface area contributed by atoms with Crippen molar-refractivity contribution in [3.05, 3.63) is 18.5 Å². The molecule has 0 aliphatic heterocycles. The second-order valence-electron chi connectivity index (χ2n) is 4.60. The van der Waals surface area contributed by atoms with Gasteiger partial charge >= 0.3 is 0 Å². The summed E-state index contributed by atoms with van der Waals surface area (Å²) in [6, 6.07) is 1.78. The first kappa shape index (κ1) is 14.7. The summed E-state index contributed by atoms with van der Waals surface area (Å²) in [5, 5.41) is 6.97. The Bertz CT molecular complexity index is 610. The zero-order valence-electron chi connectivity index (χ0n) is 12.5. The van der Waals surface area contributed by atoms with Gasteiger partial charge in [-0.1, -0.05) is 0 Å². The first-order valence-electron chi connectivity index (χ1n) is 6.36. The minimum absolute atomic E-state index is 0.0374. The van der Waals surface area contributed by atoms with Gasteiger partial charge in [0.05, 0.1) is 6.54 Å². The third-order valence-corrected chi connectivity index (χ3v) is 2.76. The van der Waals surface area contributed by atoms with Gasteiger partial charge in [0, 0.05) is 40.6 Å². The average Bonchev–Trinajstić information content (AvgIpc) is 3.00. The molecule has 0 aliphatic rings. The molecule has 0 aliphatic carbocycles. The molecular weight excluding hydrogens is 272 g/mol. The van der Waals surface area contributed by atoms with E-state index in [0.717, 1.165) is 0 Å². The number of likely N-dealkylation sites (N-methyl/N-ethyl adjacent to an activating group) is 2. The Labute approximate surface area is 122 Å². The molecule has 2 aromatic heterocycles. The molecule has 112 valence electrons. The molecule has 0 saturated heterocycles. The summed E-state index contributed by atoms with van der Waals surface area (Å²) >= 11 is 0. The molecule has 2 heterocycles. The van der Waals surface area contributed by atoms with E-state index in [1.54, 1.807) is 51.6 Å². The molecule has 0 radical (unpaired) electrons. The number of carbonyl (C=O) groups is 1. The van der Waals surface area contributed by atoms with E-state index in [9.17, 15) is 4.79 Å². The summed E-state index contributed by atoms with van der Waals surface area (Å²) in [7, 11) is 6.88. The van der Waals surface area contributed by atoms with Crippen LogP contribution in [-0.4, -0.2) is 70.3 Å². The van der Waals surface area contributed by atoms with E-state index >= 15 is 0 Å². The maximum Gasteiger partial charge on any atom is 0.257 e. The molecule has 1 N–H and O–H groups in total. The predicted molar refractivity (Wildman–Crippen MR) is 78.5 cm³/mol. The van der Waals surface area contributed by atoms with E-state index in [1.165, 1.54) is 9.58 Å². The van der Waals surface area contributed by atoms with Crippen molar-refractivity contribution in [2.24, 2.45) is 0 Å². The zero-order valence-corrected chi connectivity index (χ0v) is 12.5. The van der Waals surface area contributed by atoms with Gasteiger partial charge in [-0.05, 0) is 6.07 Å². The molecular formula is C12H18N8O. The first-order chi connectivity index (χ1) is 10.0. The number of nitrogens with one attached hydrogen (secondary N) is 1. The number of aromatic nitrogens is 5. The molecule has 21 heavy (non-hydrogen) atoms. The number of rotatable bonds is 5. The lowest BCUT2D eigenvalue weighted by molar-refractivity contribution is -0.127. The van der Waals surface area contributed by atoms with Gasteiger partial charge < -0.3 is 15.1 Å². The Kier molecular flexibility index (Phi) is 4.31. The smallest absolute Gasteiger partial charge is 0.257 e. The van der Waals surface area contributed by atoms with Crippen LogP contribution >= 0.6 is 0 Å². The number of hydrogen-bond donors (Lipinski definition) is 1. The Hall–Kier alpha value is -2.71. The van der Waals surface area contributed by atoms with Crippen LogP contribution in [0.25, 0.3) is 5.95 Å². The lowest BCUT2D eigenvalue weighted by Crippen LogP contribution is -2.35. The average molecular weight is 290 g/mol. The van der Waals surface area contributed by atoms with Crippen LogP contribution in [0.1, 0.15) is 0 Å². The second-order valence-corrected chi connectivity index (χ2v) is 4.60. The standard InChI is InChI=1S/C12H18N8O/c1-13-10-15-11(19(4)8-9(21)18(2)3)17-12(16-10)20-7-5-6-14-20/h5-7H,8H2,1-4H3,(H,13,15,16,17). The fourth-order valence-electron chi connectivity index (χ4n) is 1.54. The lowest BCUT2D eigenvalue weighted by Gasteiger charge is -2.19. The third kappa shape index (κ3) is 3.44. The van der Waals surface area contributed by atoms with Crippen molar-refractivity contribution >= 4 is 17.8 Å². The lowest BCUT2D eigenvalue weighted by atomic mass is 10.5. The minimum atomic E-state index is -0.0374. The fraction of sp³-hybridized carbons (Fsp3) is 0.417. The fourth-order valence-corrected chi connectivity index (χ4v) is 1.54. The Morgan fingerprint density at radius 2 is 2.05 bits per heavy atom. The summed E-state index contributed by atoms with van der Waals surface area (Å²) < 4.78 is 1.54. The maximum absolute atomic E-state index is 11.8. The molecule has 0 saturated carbocycles. The van der Waals surface area contributed by atoms with Crippen molar-refractivity contribution in [3.8, 4) is 5.95 Å². The van der Waals surface area contributed by atoms with E-state index in [0.29, 0.717) is 17.8 Å². The molecule has 0 atom stereocenters. The topological polar surface area (TPSA) is 92.1 Å². The van der Waals surface area contributed by atoms with Gasteiger partial charge in [-0.25, -0.2) is 4.68 Å². The Morgan fingerprint density at radius 3 is 2.62 bits per heavy atom. The van der Waals surface area contributed by atoms with Gasteiger partial charge in [-0.2, -0.15) is 20.1 Å². The molecule has 0 aromatic carbocycles. The molecule has 0 unspecified atom stereocenters. The zero-order chi connectivity index (χ0) is 15.4. The number of amides is 1. The van der Waals surface area contributed by atoms with Crippen molar-refractivity contribution in [2.75, 3.05) is 45.0 Å². The van der Waals surface area contributed by atoms with E-state index in [4.69, 9.17) is 0 Å². The SMILES string of the molecule is CNc1nc(N(C)CC(=O)N(C)C)nc(-n2cccn2)n1. The molecule has 2 rings (SSSR count). The van der Waals surface area contributed by atoms with Crippen molar-refractivity contribution in [3.63, 3.8) is 0 Å². The number of hydrogen-bond acceptors (Lipinski definition) is 7. The Balaban J connectivity index is 2.30. The van der Waals surface area contributed by atoms with Crippen LogP contribution < -0.4 is 10.2 Å². The largest absolute Gasteiger partial charge is 0.357 e. The highest BCUT2D eigenvalue weighted by Gasteiger charge is 2.14. The van der Waals surface area contributed by atoms with Crippen LogP contribution in [0, 0.1) is 0 Å². The van der Waals surface area contributed by atoms with Crippen LogP contribution in [0.15, 0.2) is 18.5 Å². The first-order valence-corrected chi connectivity index (χ1v) is 6.36. The molecule has 0 bridgehead atoms. The summed E-state index contributed by atoms with van der Waals surface area (Å²) in [5.41, 5.74) is 0. The van der Waals surface area contributed by atoms with Gasteiger partial charge in [0.25, 0.3) is 5.95 Å². The van der Waals surface area contributed by atoms with Crippen LogP contribution in [0.3, 0.4) is 0 Å². The van der Waals surface area contributed by atoms with Gasteiger partial charge in [-0.3, -0.25) is 4.79 Å². The van der Waals surface area contributed by atoms with E-state index in [2.05, 4.69) is 25.4 Å². The monoisotopic (exact) mass is 290 g/mol. The summed E-state index contributed by atoms with van der Waals surface area (Å²) in [4.78, 5) is 27.8. The quantitative estimate of drug-likeness (QED) is 0.802. The normalized spacial score (nSPS) is 10.3. The van der Waals surface area contributed by atoms with Crippen LogP contribution in [0.2, 0.25) is 0 Å². The van der Waals surface area contributed by atoms with Gasteiger partial charge in [0.2, 0.25) is 17.8 Å². The Morgan fingerprint density at radius 1 is 1.29 bits per heavy atom. The van der Waals surface area contributed by atoms with Crippen molar-refractivity contribution in [1.29, 1.82) is 0 Å². The second kappa shape index (κ2) is 6.16. The van der Waals surface area contributed by atoms with Crippen molar-refractivity contribution in [2.45, 2.75) is 0 Å². The molecule has 0 spiro atoms. The molecule has 1 amide bonds. The van der Waals surface area contributed by atoms with Gasteiger partial charge in [0.1, 0.15) is 0 Å². The van der Waals surface area contributed by atoms with E-state index in [-0.39, 0.29) is 12.5 Å². The molecule has 9 nitrogen and oxygen atoms in total. The highest BCUT2D eigenvalue weighted by atomic mass is 16.2. The number of carbonyl (C=O) groups excluding carboxylic acids is 1. The van der Waals surface area contributed by atoms with E-state index in [1.807, 2.05) is 0 Å². The van der Waals surface area contributed by atoms with Crippen molar-refractivity contribution in [1.82, 2.24) is 29.6 Å². The van der Waals surface area contributed by atoms with E-state index < -0.39 is 0 Å². The molecule has 0 fully saturated rings. The summed E-state index contributed by atoms with van der Waals surface area (Å²) in [6.45, 7) is 0.179. The molecule has 2 aromatic rings. The van der Waals surface area contributed by atoms with Crippen molar-refractivity contribution < 1.29 is 4.79 Å². The number of anilines is 2. The van der Waals surface area contributed by atoms with Crippen LogP contribution in [0.4, 0.5) is 11.9 Å². The molecule has 9 heteroatoms. The minimum Gasteiger partial charge on any atom is -0.357 e. The van der Waals surface area contributed by atoms with Crippen LogP contribution in [-0.2, 0) is 4.79 Å². The number of nitrogens with zero attached hydrogens (tertiary/aromatic N) is 7. The summed E-state index contributed by atoms with van der Waals surface area (Å²) in [5.74, 6) is 1.16.